The van der Waals surface area contributed by atoms with E-state index in [-0.39, 0.29) is 29.8 Å². The van der Waals surface area contributed by atoms with Gasteiger partial charge in [0.2, 0.25) is 11.9 Å². The summed E-state index contributed by atoms with van der Waals surface area (Å²) < 4.78 is 7.21. The van der Waals surface area contributed by atoms with Crippen molar-refractivity contribution in [2.75, 3.05) is 35.3 Å². The Morgan fingerprint density at radius 3 is 2.72 bits per heavy atom. The van der Waals surface area contributed by atoms with Gasteiger partial charge in [-0.2, -0.15) is 19.6 Å². The van der Waals surface area contributed by atoms with Gasteiger partial charge in [-0.25, -0.2) is 4.90 Å². The number of aromatic nitrogens is 4. The van der Waals surface area contributed by atoms with E-state index >= 15 is 0 Å². The summed E-state index contributed by atoms with van der Waals surface area (Å²) >= 11 is 0. The molecule has 2 aromatic heterocycles. The first-order valence-corrected chi connectivity index (χ1v) is 13.6. The lowest BCUT2D eigenvalue weighted by molar-refractivity contribution is -0.126. The van der Waals surface area contributed by atoms with Crippen LogP contribution < -0.4 is 20.9 Å². The molecular weight excluding hydrogens is 496 g/mol. The lowest BCUT2D eigenvalue weighted by Gasteiger charge is -2.31. The highest BCUT2D eigenvalue weighted by Gasteiger charge is 2.32. The van der Waals surface area contributed by atoms with Crippen molar-refractivity contribution in [2.24, 2.45) is 0 Å². The number of amides is 2. The monoisotopic (exact) mass is 532 g/mol. The normalized spacial score (nSPS) is 17.9. The van der Waals surface area contributed by atoms with Crippen LogP contribution in [0.25, 0.3) is 5.65 Å². The molecule has 3 aromatic rings. The number of nitrogens with zero attached hydrogens (tertiary/aromatic N) is 5. The topological polar surface area (TPSA) is 126 Å². The number of nitrogens with one attached hydrogen (secondary N) is 3. The first-order valence-electron chi connectivity index (χ1n) is 13.6. The smallest absolute Gasteiger partial charge is 0.257 e. The van der Waals surface area contributed by atoms with Crippen molar-refractivity contribution in [2.45, 2.75) is 64.6 Å². The van der Waals surface area contributed by atoms with E-state index in [0.717, 1.165) is 55.8 Å². The first kappa shape index (κ1) is 26.8. The highest BCUT2D eigenvalue weighted by Crippen LogP contribution is 2.24. The van der Waals surface area contributed by atoms with Gasteiger partial charge in [0.1, 0.15) is 0 Å². The van der Waals surface area contributed by atoms with E-state index in [0.29, 0.717) is 24.1 Å². The summed E-state index contributed by atoms with van der Waals surface area (Å²) in [7, 11) is 0. The van der Waals surface area contributed by atoms with E-state index in [4.69, 9.17) is 14.7 Å². The average Bonchev–Trinajstić information content (AvgIpc) is 3.32. The molecule has 2 saturated heterocycles. The summed E-state index contributed by atoms with van der Waals surface area (Å²) in [5.41, 5.74) is 3.22. The molecule has 0 bridgehead atoms. The van der Waals surface area contributed by atoms with Crippen LogP contribution in [0.3, 0.4) is 0 Å². The number of benzene rings is 1. The van der Waals surface area contributed by atoms with Crippen molar-refractivity contribution in [3.63, 3.8) is 0 Å². The van der Waals surface area contributed by atoms with Gasteiger partial charge < -0.3 is 20.7 Å². The maximum Gasteiger partial charge on any atom is 0.257 e. The first-order chi connectivity index (χ1) is 18.9. The van der Waals surface area contributed by atoms with E-state index in [1.807, 2.05) is 24.4 Å². The molecule has 2 aliphatic heterocycles. The lowest BCUT2D eigenvalue weighted by Crippen LogP contribution is -2.55. The van der Waals surface area contributed by atoms with Crippen LogP contribution in [-0.4, -0.2) is 63.2 Å². The quantitative estimate of drug-likeness (QED) is 0.356. The average molecular weight is 533 g/mol. The maximum absolute atomic E-state index is 13.1. The minimum Gasteiger partial charge on any atom is -0.381 e. The second kappa shape index (κ2) is 11.9. The molecular formula is C28H36N8O3. The SMILES string of the molecule is CC=CC(=O)N(C(=O)C1CCN1)c1cccc(CNc2nc(NC3CCOCC3)nc3c(C(C)C)cnn23)c1. The summed E-state index contributed by atoms with van der Waals surface area (Å²) in [6.07, 6.45) is 7.41. The Labute approximate surface area is 228 Å². The molecule has 3 N–H and O–H groups in total. The Kier molecular flexibility index (Phi) is 8.18. The number of allylic oxidation sites excluding steroid dienone is 1. The number of anilines is 3. The van der Waals surface area contributed by atoms with Crippen LogP contribution >= 0.6 is 0 Å². The third-order valence-electron chi connectivity index (χ3n) is 7.06. The van der Waals surface area contributed by atoms with Gasteiger partial charge in [0.05, 0.1) is 17.9 Å². The molecule has 11 nitrogen and oxygen atoms in total. The van der Waals surface area contributed by atoms with Gasteiger partial charge in [-0.15, -0.1) is 0 Å². The Bertz CT molecular complexity index is 1360. The maximum atomic E-state index is 13.1. The molecule has 1 unspecified atom stereocenters. The molecule has 2 amide bonds. The van der Waals surface area contributed by atoms with Crippen LogP contribution in [0.4, 0.5) is 17.6 Å². The Morgan fingerprint density at radius 2 is 2.03 bits per heavy atom. The molecule has 4 heterocycles. The van der Waals surface area contributed by atoms with Gasteiger partial charge >= 0.3 is 0 Å². The van der Waals surface area contributed by atoms with Crippen molar-refractivity contribution < 1.29 is 14.3 Å². The van der Waals surface area contributed by atoms with Crippen molar-refractivity contribution in [1.82, 2.24) is 24.9 Å². The Balaban J connectivity index is 1.40. The molecule has 206 valence electrons. The second-order valence-corrected chi connectivity index (χ2v) is 10.2. The summed E-state index contributed by atoms with van der Waals surface area (Å²) in [5.74, 6) is 0.758. The number of hydrogen-bond acceptors (Lipinski definition) is 9. The fraction of sp³-hybridized carbons (Fsp3) is 0.464. The van der Waals surface area contributed by atoms with Crippen molar-refractivity contribution in [3.8, 4) is 0 Å². The predicted octanol–water partition coefficient (Wildman–Crippen LogP) is 3.25. The number of ether oxygens (including phenoxy) is 1. The second-order valence-electron chi connectivity index (χ2n) is 10.2. The minimum absolute atomic E-state index is 0.242. The van der Waals surface area contributed by atoms with Crippen LogP contribution in [0.15, 0.2) is 42.6 Å². The number of fused-ring (bicyclic) bond motifs is 1. The zero-order valence-corrected chi connectivity index (χ0v) is 22.7. The van der Waals surface area contributed by atoms with Gasteiger partial charge in [-0.05, 0) is 62.4 Å². The predicted molar refractivity (Wildman–Crippen MR) is 150 cm³/mol. The van der Waals surface area contributed by atoms with Gasteiger partial charge in [0.25, 0.3) is 11.8 Å². The van der Waals surface area contributed by atoms with Crippen LogP contribution in [-0.2, 0) is 20.9 Å². The van der Waals surface area contributed by atoms with Gasteiger partial charge in [0, 0.05) is 31.4 Å². The third kappa shape index (κ3) is 5.94. The summed E-state index contributed by atoms with van der Waals surface area (Å²) in [6.45, 7) is 8.62. The fourth-order valence-electron chi connectivity index (χ4n) is 4.73. The van der Waals surface area contributed by atoms with Crippen molar-refractivity contribution in [3.05, 3.63) is 53.7 Å². The zero-order chi connectivity index (χ0) is 27.4. The molecule has 2 fully saturated rings. The molecule has 0 aliphatic carbocycles. The van der Waals surface area contributed by atoms with Crippen molar-refractivity contribution in [1.29, 1.82) is 0 Å². The Hall–Kier alpha value is -3.83. The molecule has 0 spiro atoms. The number of rotatable bonds is 9. The van der Waals surface area contributed by atoms with E-state index in [1.54, 1.807) is 23.6 Å². The van der Waals surface area contributed by atoms with Crippen LogP contribution in [0, 0.1) is 0 Å². The van der Waals surface area contributed by atoms with Gasteiger partial charge in [-0.1, -0.05) is 32.1 Å². The standard InChI is InChI=1S/C28H36N8O3/c1-4-6-24(37)35(26(38)23-9-12-29-23)21-8-5-7-19(15-21)16-30-28-34-27(32-20-10-13-39-14-11-20)33-25-22(18(2)3)17-31-36(25)28/h4-8,15,17-18,20,23,29H,9-14,16H2,1-3H3,(H2,30,32,33,34). The highest BCUT2D eigenvalue weighted by molar-refractivity contribution is 6.20. The summed E-state index contributed by atoms with van der Waals surface area (Å²) in [4.78, 5) is 36.7. The fourth-order valence-corrected chi connectivity index (χ4v) is 4.73. The number of carbonyl (C=O) groups is 2. The van der Waals surface area contributed by atoms with Crippen molar-refractivity contribution >= 4 is 35.0 Å². The summed E-state index contributed by atoms with van der Waals surface area (Å²) in [6, 6.07) is 7.34. The highest BCUT2D eigenvalue weighted by atomic mass is 16.5. The molecule has 5 rings (SSSR count). The van der Waals surface area contributed by atoms with Crippen LogP contribution in [0.1, 0.15) is 57.1 Å². The Morgan fingerprint density at radius 1 is 1.23 bits per heavy atom. The molecule has 1 aromatic carbocycles. The van der Waals surface area contributed by atoms with Gasteiger partial charge in [0.15, 0.2) is 5.65 Å². The van der Waals surface area contributed by atoms with Crippen LogP contribution in [0.5, 0.6) is 0 Å². The van der Waals surface area contributed by atoms with E-state index in [2.05, 4.69) is 34.9 Å². The van der Waals surface area contributed by atoms with E-state index in [9.17, 15) is 9.59 Å². The summed E-state index contributed by atoms with van der Waals surface area (Å²) in [5, 5.41) is 14.5. The molecule has 0 radical (unpaired) electrons. The lowest BCUT2D eigenvalue weighted by atomic mass is 10.0. The number of carbonyl (C=O) groups excluding carboxylic acids is 2. The molecule has 11 heteroatoms. The zero-order valence-electron chi connectivity index (χ0n) is 22.7. The molecule has 39 heavy (non-hydrogen) atoms. The van der Waals surface area contributed by atoms with E-state index < -0.39 is 0 Å². The van der Waals surface area contributed by atoms with Crippen LogP contribution in [0.2, 0.25) is 0 Å². The molecule has 1 atom stereocenters. The largest absolute Gasteiger partial charge is 0.381 e. The number of imide groups is 1. The van der Waals surface area contributed by atoms with Gasteiger partial charge in [-0.3, -0.25) is 9.59 Å². The number of hydrogen-bond donors (Lipinski definition) is 3. The molecule has 2 aliphatic rings. The third-order valence-corrected chi connectivity index (χ3v) is 7.06. The van der Waals surface area contributed by atoms with E-state index in [1.165, 1.54) is 11.0 Å². The minimum atomic E-state index is -0.361. The molecule has 0 saturated carbocycles.